The molecule has 0 unspecified atom stereocenters. The quantitative estimate of drug-likeness (QED) is 0.555. The maximum atomic E-state index is 2.47. The fourth-order valence-corrected chi connectivity index (χ4v) is 3.38. The molecule has 5 radical (unpaired) electrons. The molecule has 2 aliphatic carbocycles. The molecule has 0 aromatic rings. The van der Waals surface area contributed by atoms with Gasteiger partial charge in [-0.15, -0.1) is 0 Å². The lowest BCUT2D eigenvalue weighted by molar-refractivity contribution is 0.878. The Hall–Kier alpha value is -0.0431. The van der Waals surface area contributed by atoms with Crippen LogP contribution in [0.1, 0.15) is 12.8 Å². The standard InChI is InChI=1S/C12H17Si/c1-13(2,3)12-8-7-10-5-4-6-11(10)9-12/h4-6,8H,7,9H2,1-3H3. The van der Waals surface area contributed by atoms with Gasteiger partial charge in [0.2, 0.25) is 0 Å². The Labute approximate surface area is 83.4 Å². The summed E-state index contributed by atoms with van der Waals surface area (Å²) in [4.78, 5) is 0. The van der Waals surface area contributed by atoms with E-state index in [1.165, 1.54) is 12.8 Å². The first kappa shape index (κ1) is 9.51. The largest absolute Gasteiger partial charge is 0.0885 e. The molecule has 0 nitrogen and oxygen atoms in total. The molecule has 1 saturated carbocycles. The van der Waals surface area contributed by atoms with Crippen molar-refractivity contribution < 1.29 is 0 Å². The minimum atomic E-state index is -1.04. The van der Waals surface area contributed by atoms with Crippen molar-refractivity contribution in [1.29, 1.82) is 0 Å². The molecule has 0 N–H and O–H groups in total. The fourth-order valence-electron chi connectivity index (χ4n) is 1.95. The van der Waals surface area contributed by atoms with E-state index in [1.807, 2.05) is 0 Å². The predicted molar refractivity (Wildman–Crippen MR) is 60.0 cm³/mol. The van der Waals surface area contributed by atoms with Crippen LogP contribution in [0.3, 0.4) is 0 Å². The second-order valence-corrected chi connectivity index (χ2v) is 10.1. The predicted octanol–water partition coefficient (Wildman–Crippen LogP) is 3.36. The first-order chi connectivity index (χ1) is 6.07. The summed E-state index contributed by atoms with van der Waals surface area (Å²) in [6.07, 6.45) is 11.6. The van der Waals surface area contributed by atoms with Crippen molar-refractivity contribution in [2.45, 2.75) is 32.5 Å². The Morgan fingerprint density at radius 2 is 1.77 bits per heavy atom. The van der Waals surface area contributed by atoms with Gasteiger partial charge >= 0.3 is 0 Å². The number of allylic oxidation sites excluding steroid dienone is 2. The highest BCUT2D eigenvalue weighted by molar-refractivity contribution is 6.83. The van der Waals surface area contributed by atoms with Gasteiger partial charge in [0, 0.05) is 0 Å². The van der Waals surface area contributed by atoms with Gasteiger partial charge in [-0.1, -0.05) is 30.9 Å². The van der Waals surface area contributed by atoms with E-state index in [9.17, 15) is 0 Å². The Kier molecular flexibility index (Phi) is 2.39. The lowest BCUT2D eigenvalue weighted by Gasteiger charge is -2.30. The summed E-state index contributed by atoms with van der Waals surface area (Å²) < 4.78 is 0. The van der Waals surface area contributed by atoms with E-state index in [1.54, 1.807) is 17.0 Å². The summed E-state index contributed by atoms with van der Waals surface area (Å²) in [5.74, 6) is 3.11. The molecule has 2 rings (SSSR count). The van der Waals surface area contributed by atoms with Crippen molar-refractivity contribution in [3.63, 3.8) is 0 Å². The monoisotopic (exact) mass is 189 g/mol. The molecule has 1 heteroatoms. The van der Waals surface area contributed by atoms with Crippen LogP contribution in [-0.4, -0.2) is 8.07 Å². The zero-order valence-electron chi connectivity index (χ0n) is 8.72. The topological polar surface area (TPSA) is 0 Å². The summed E-state index contributed by atoms with van der Waals surface area (Å²) in [6.45, 7) is 7.31. The van der Waals surface area contributed by atoms with Crippen LogP contribution in [0.4, 0.5) is 0 Å². The minimum absolute atomic E-state index is 1.04. The van der Waals surface area contributed by atoms with Crippen molar-refractivity contribution in [2.24, 2.45) is 0 Å². The molecule has 2 aliphatic rings. The van der Waals surface area contributed by atoms with Gasteiger partial charge in [0.05, 0.1) is 8.07 Å². The maximum Gasteiger partial charge on any atom is 0.0720 e. The number of rotatable bonds is 1. The van der Waals surface area contributed by atoms with Crippen LogP contribution in [0.25, 0.3) is 0 Å². The van der Waals surface area contributed by atoms with Gasteiger partial charge in [-0.25, -0.2) is 0 Å². The summed E-state index contributed by atoms with van der Waals surface area (Å²) in [5, 5.41) is 1.73. The summed E-state index contributed by atoms with van der Waals surface area (Å²) in [7, 11) is -1.04. The Morgan fingerprint density at radius 1 is 1.08 bits per heavy atom. The van der Waals surface area contributed by atoms with Crippen molar-refractivity contribution in [1.82, 2.24) is 0 Å². The fraction of sp³-hybridized carbons (Fsp3) is 0.417. The lowest BCUT2D eigenvalue weighted by atomic mass is 9.86. The first-order valence-corrected chi connectivity index (χ1v) is 8.50. The van der Waals surface area contributed by atoms with Crippen molar-refractivity contribution >= 4 is 8.07 Å². The third-order valence-corrected chi connectivity index (χ3v) is 5.23. The average Bonchev–Trinajstić information content (AvgIpc) is 2.47. The van der Waals surface area contributed by atoms with Gasteiger partial charge < -0.3 is 0 Å². The third-order valence-electron chi connectivity index (χ3n) is 2.92. The highest BCUT2D eigenvalue weighted by atomic mass is 28.3. The van der Waals surface area contributed by atoms with Gasteiger partial charge in [-0.2, -0.15) is 0 Å². The zero-order chi connectivity index (χ0) is 9.47. The third kappa shape index (κ3) is 1.90. The molecule has 0 atom stereocenters. The van der Waals surface area contributed by atoms with Crippen molar-refractivity contribution in [2.75, 3.05) is 0 Å². The zero-order valence-corrected chi connectivity index (χ0v) is 9.72. The van der Waals surface area contributed by atoms with Crippen LogP contribution in [0, 0.1) is 31.1 Å². The minimum Gasteiger partial charge on any atom is -0.0885 e. The Balaban J connectivity index is 2.09. The van der Waals surface area contributed by atoms with Crippen LogP contribution in [0.15, 0.2) is 11.3 Å². The normalized spacial score (nSPS) is 25.9. The summed E-state index contributed by atoms with van der Waals surface area (Å²) >= 11 is 0. The molecular formula is C12H17Si. The van der Waals surface area contributed by atoms with E-state index in [0.717, 1.165) is 0 Å². The molecule has 69 valence electrons. The van der Waals surface area contributed by atoms with Gasteiger partial charge in [-0.3, -0.25) is 0 Å². The van der Waals surface area contributed by atoms with Crippen LogP contribution >= 0.6 is 0 Å². The highest BCUT2D eigenvalue weighted by Crippen LogP contribution is 2.44. The summed E-state index contributed by atoms with van der Waals surface area (Å²) in [6, 6.07) is 0. The van der Waals surface area contributed by atoms with Gasteiger partial charge in [0.1, 0.15) is 0 Å². The van der Waals surface area contributed by atoms with E-state index in [4.69, 9.17) is 0 Å². The number of hydrogen-bond acceptors (Lipinski definition) is 0. The number of hydrogen-bond donors (Lipinski definition) is 0. The molecule has 0 aliphatic heterocycles. The average molecular weight is 189 g/mol. The van der Waals surface area contributed by atoms with Gasteiger partial charge in [0.15, 0.2) is 0 Å². The van der Waals surface area contributed by atoms with Gasteiger partial charge in [-0.05, 0) is 43.9 Å². The molecule has 0 heterocycles. The van der Waals surface area contributed by atoms with E-state index in [2.05, 4.69) is 45.0 Å². The molecule has 1 fully saturated rings. The Bertz CT molecular complexity index is 222. The van der Waals surface area contributed by atoms with E-state index in [-0.39, 0.29) is 0 Å². The molecule has 0 saturated heterocycles. The molecule has 0 aromatic carbocycles. The molecule has 0 amide bonds. The van der Waals surface area contributed by atoms with Gasteiger partial charge in [0.25, 0.3) is 0 Å². The van der Waals surface area contributed by atoms with E-state index in [0.29, 0.717) is 0 Å². The van der Waals surface area contributed by atoms with E-state index >= 15 is 0 Å². The lowest BCUT2D eigenvalue weighted by Crippen LogP contribution is -2.28. The maximum absolute atomic E-state index is 2.47. The molecular weight excluding hydrogens is 172 g/mol. The highest BCUT2D eigenvalue weighted by Gasteiger charge is 2.34. The summed E-state index contributed by atoms with van der Waals surface area (Å²) in [5.41, 5.74) is 0. The molecule has 0 bridgehead atoms. The second-order valence-electron chi connectivity index (χ2n) is 4.94. The van der Waals surface area contributed by atoms with Crippen molar-refractivity contribution in [3.8, 4) is 0 Å². The SMILES string of the molecule is C[Si](C)(C)C1=CC[C]2[CH][CH][CH][C]2C1. The molecule has 0 aromatic heterocycles. The van der Waals surface area contributed by atoms with Crippen LogP contribution in [0.5, 0.6) is 0 Å². The van der Waals surface area contributed by atoms with Crippen molar-refractivity contribution in [3.05, 3.63) is 42.4 Å². The first-order valence-electron chi connectivity index (χ1n) is 5.00. The Morgan fingerprint density at radius 3 is 2.46 bits per heavy atom. The van der Waals surface area contributed by atoms with E-state index < -0.39 is 8.07 Å². The second kappa shape index (κ2) is 3.27. The smallest absolute Gasteiger partial charge is 0.0720 e. The molecule has 0 spiro atoms. The van der Waals surface area contributed by atoms with Crippen LogP contribution in [-0.2, 0) is 0 Å². The molecule has 13 heavy (non-hydrogen) atoms. The van der Waals surface area contributed by atoms with Crippen LogP contribution in [0.2, 0.25) is 19.6 Å². The van der Waals surface area contributed by atoms with Crippen LogP contribution < -0.4 is 0 Å². The number of fused-ring (bicyclic) bond motifs is 1.